The van der Waals surface area contributed by atoms with Gasteiger partial charge in [0.15, 0.2) is 6.10 Å². The lowest BCUT2D eigenvalue weighted by atomic mass is 10.1. The molecule has 0 spiro atoms. The van der Waals surface area contributed by atoms with Gasteiger partial charge in [0.1, 0.15) is 12.7 Å². The van der Waals surface area contributed by atoms with Crippen molar-refractivity contribution in [2.75, 3.05) is 26.4 Å². The zero-order valence-corrected chi connectivity index (χ0v) is 44.3. The van der Waals surface area contributed by atoms with Crippen LogP contribution in [0, 0.1) is 0 Å². The van der Waals surface area contributed by atoms with Gasteiger partial charge in [0, 0.05) is 12.8 Å². The molecule has 0 aromatic carbocycles. The largest absolute Gasteiger partial charge is 0.472 e. The Morgan fingerprint density at radius 1 is 0.429 bits per heavy atom. The third kappa shape index (κ3) is 48.9. The highest BCUT2D eigenvalue weighted by Crippen LogP contribution is 2.43. The van der Waals surface area contributed by atoms with Crippen LogP contribution in [0.15, 0.2) is 122 Å². The molecule has 12 heteroatoms. The van der Waals surface area contributed by atoms with Crippen LogP contribution in [-0.4, -0.2) is 66.5 Å². The van der Waals surface area contributed by atoms with E-state index in [4.69, 9.17) is 23.3 Å². The second-order valence-electron chi connectivity index (χ2n) is 16.9. The van der Waals surface area contributed by atoms with Crippen LogP contribution in [0.2, 0.25) is 0 Å². The lowest BCUT2D eigenvalue weighted by molar-refractivity contribution is -0.160. The van der Waals surface area contributed by atoms with E-state index in [1.165, 1.54) is 0 Å². The number of aliphatic hydroxyl groups is 1. The number of hydrogen-bond donors (Lipinski definition) is 2. The minimum Gasteiger partial charge on any atom is -0.462 e. The summed E-state index contributed by atoms with van der Waals surface area (Å²) in [7, 11) is -4.78. The molecular formula is C58H93O11P. The van der Waals surface area contributed by atoms with Crippen molar-refractivity contribution in [2.45, 2.75) is 200 Å². The van der Waals surface area contributed by atoms with Gasteiger partial charge in [-0.25, -0.2) is 4.57 Å². The number of phosphoric acid groups is 1. The van der Waals surface area contributed by atoms with Gasteiger partial charge in [0.05, 0.1) is 26.2 Å². The van der Waals surface area contributed by atoms with Crippen molar-refractivity contribution in [3.05, 3.63) is 122 Å². The van der Waals surface area contributed by atoms with E-state index in [2.05, 4.69) is 118 Å². The van der Waals surface area contributed by atoms with Crippen molar-refractivity contribution in [2.24, 2.45) is 0 Å². The van der Waals surface area contributed by atoms with Crippen molar-refractivity contribution in [1.82, 2.24) is 0 Å². The van der Waals surface area contributed by atoms with Crippen LogP contribution >= 0.6 is 7.82 Å². The van der Waals surface area contributed by atoms with E-state index in [1.54, 1.807) is 6.08 Å². The summed E-state index contributed by atoms with van der Waals surface area (Å²) in [5.41, 5.74) is 0. The summed E-state index contributed by atoms with van der Waals surface area (Å²) in [6.07, 6.45) is 61.9. The molecule has 0 aliphatic heterocycles. The number of rotatable bonds is 47. The molecule has 0 rings (SSSR count). The van der Waals surface area contributed by atoms with Gasteiger partial charge in [-0.15, -0.1) is 0 Å². The fourth-order valence-corrected chi connectivity index (χ4v) is 7.21. The number of aliphatic hydroxyl groups excluding tert-OH is 1. The molecule has 0 aromatic heterocycles. The first-order valence-electron chi connectivity index (χ1n) is 26.4. The molecule has 0 heterocycles. The number of allylic oxidation sites excluding steroid dienone is 19. The Labute approximate surface area is 424 Å². The summed E-state index contributed by atoms with van der Waals surface area (Å²) < 4.78 is 39.2. The molecular weight excluding hydrogens is 904 g/mol. The van der Waals surface area contributed by atoms with Crippen LogP contribution in [0.3, 0.4) is 0 Å². The van der Waals surface area contributed by atoms with Crippen molar-refractivity contribution >= 4 is 25.7 Å². The normalized spacial score (nSPS) is 14.4. The van der Waals surface area contributed by atoms with Crippen molar-refractivity contribution in [1.29, 1.82) is 0 Å². The molecule has 11 nitrogen and oxygen atoms in total. The standard InChI is InChI=1S/C58H93O11P/c1-4-7-10-13-16-19-22-25-27-30-33-36-39-42-45-48-57(61)68-54(50-59)52-66-70(63,64)67-53-55(51-65-56(60)47-44-41-38-35-32-29-24-21-18-15-12-9-6-3)69-58(62)49-46-43-40-37-34-31-28-26-23-20-17-14-11-8-5-2/h7-8,10-12,15-17,19-21,24-28,34,37,43,46,54-55,59H,4-6,9,13-14,18,22-23,29-33,35-36,38-42,44-45,47-53H2,1-3H3,(H,63,64)/b10-7-,11-8-,15-12-,19-16-,20-17-,24-21-,27-25-,28-26-,37-34-,46-43-. The Kier molecular flexibility index (Phi) is 48.2. The highest BCUT2D eigenvalue weighted by Gasteiger charge is 2.28. The number of unbranched alkanes of at least 4 members (excludes halogenated alkanes) is 11. The van der Waals surface area contributed by atoms with E-state index in [1.807, 2.05) is 18.2 Å². The van der Waals surface area contributed by atoms with Crippen molar-refractivity contribution in [3.8, 4) is 0 Å². The molecule has 0 fully saturated rings. The first-order chi connectivity index (χ1) is 34.2. The first kappa shape index (κ1) is 65.9. The maximum absolute atomic E-state index is 12.9. The minimum absolute atomic E-state index is 0.0751. The summed E-state index contributed by atoms with van der Waals surface area (Å²) in [4.78, 5) is 48.3. The smallest absolute Gasteiger partial charge is 0.462 e. The quantitative estimate of drug-likeness (QED) is 0.0197. The predicted octanol–water partition coefficient (Wildman–Crippen LogP) is 15.2. The summed E-state index contributed by atoms with van der Waals surface area (Å²) >= 11 is 0. The van der Waals surface area contributed by atoms with E-state index in [0.29, 0.717) is 19.3 Å². The number of ether oxygens (including phenoxy) is 3. The molecule has 0 aliphatic carbocycles. The number of phosphoric ester groups is 1. The second-order valence-corrected chi connectivity index (χ2v) is 18.4. The average molecular weight is 997 g/mol. The molecule has 2 N–H and O–H groups in total. The van der Waals surface area contributed by atoms with Crippen LogP contribution in [0.5, 0.6) is 0 Å². The zero-order valence-electron chi connectivity index (χ0n) is 43.4. The molecule has 0 aromatic rings. The average Bonchev–Trinajstić information content (AvgIpc) is 3.35. The van der Waals surface area contributed by atoms with Crippen LogP contribution < -0.4 is 0 Å². The summed E-state index contributed by atoms with van der Waals surface area (Å²) in [5, 5.41) is 9.78. The minimum atomic E-state index is -4.78. The molecule has 0 amide bonds. The SMILES string of the molecule is CC/C=C\C/C=C\C/C=C\C/C=C\C/C=C\CC(=O)OC(COC(=O)CCCCCCC/C=C\C/C=C\CCC)COP(=O)(O)OCC(CO)OC(=O)CCCCCCC/C=C\C/C=C\C/C=C\CC. The van der Waals surface area contributed by atoms with Crippen molar-refractivity contribution in [3.63, 3.8) is 0 Å². The lowest BCUT2D eigenvalue weighted by Crippen LogP contribution is -2.30. The van der Waals surface area contributed by atoms with Crippen LogP contribution in [0.1, 0.15) is 188 Å². The molecule has 0 bridgehead atoms. The predicted molar refractivity (Wildman–Crippen MR) is 288 cm³/mol. The van der Waals surface area contributed by atoms with Gasteiger partial charge in [0.25, 0.3) is 0 Å². The first-order valence-corrected chi connectivity index (χ1v) is 27.9. The lowest BCUT2D eigenvalue weighted by Gasteiger charge is -2.21. The zero-order chi connectivity index (χ0) is 51.3. The van der Waals surface area contributed by atoms with Crippen LogP contribution in [0.4, 0.5) is 0 Å². The van der Waals surface area contributed by atoms with Crippen molar-refractivity contribution < 1.29 is 52.2 Å². The van der Waals surface area contributed by atoms with Gasteiger partial charge in [-0.3, -0.25) is 23.4 Å². The Bertz CT molecular complexity index is 1630. The molecule has 0 aliphatic rings. The van der Waals surface area contributed by atoms with E-state index in [9.17, 15) is 28.9 Å². The van der Waals surface area contributed by atoms with Gasteiger partial charge in [-0.1, -0.05) is 187 Å². The molecule has 3 unspecified atom stereocenters. The number of hydrogen-bond acceptors (Lipinski definition) is 10. The van der Waals surface area contributed by atoms with E-state index in [0.717, 1.165) is 128 Å². The molecule has 0 saturated carbocycles. The maximum Gasteiger partial charge on any atom is 0.472 e. The third-order valence-corrected chi connectivity index (χ3v) is 11.3. The van der Waals surface area contributed by atoms with E-state index in [-0.39, 0.29) is 25.9 Å². The Balaban J connectivity index is 4.89. The fraction of sp³-hybridized carbons (Fsp3) is 0.603. The Morgan fingerprint density at radius 2 is 0.800 bits per heavy atom. The molecule has 70 heavy (non-hydrogen) atoms. The second kappa shape index (κ2) is 51.2. The summed E-state index contributed by atoms with van der Waals surface area (Å²) in [6.45, 7) is 4.17. The van der Waals surface area contributed by atoms with E-state index < -0.39 is 57.8 Å². The number of esters is 3. The topological polar surface area (TPSA) is 155 Å². The van der Waals surface area contributed by atoms with Gasteiger partial charge in [0.2, 0.25) is 0 Å². The van der Waals surface area contributed by atoms with E-state index >= 15 is 0 Å². The number of carbonyl (C=O) groups is 3. The molecule has 396 valence electrons. The summed E-state index contributed by atoms with van der Waals surface area (Å²) in [5.74, 6) is -1.67. The fourth-order valence-electron chi connectivity index (χ4n) is 6.42. The van der Waals surface area contributed by atoms with Gasteiger partial charge in [-0.2, -0.15) is 0 Å². The highest BCUT2D eigenvalue weighted by atomic mass is 31.2. The van der Waals surface area contributed by atoms with Crippen LogP contribution in [0.25, 0.3) is 0 Å². The number of carbonyl (C=O) groups excluding carboxylic acids is 3. The Hall–Kier alpha value is -4.12. The third-order valence-electron chi connectivity index (χ3n) is 10.4. The molecule has 3 atom stereocenters. The highest BCUT2D eigenvalue weighted by molar-refractivity contribution is 7.47. The van der Waals surface area contributed by atoms with Gasteiger partial charge >= 0.3 is 25.7 Å². The van der Waals surface area contributed by atoms with Gasteiger partial charge in [-0.05, 0) is 103 Å². The summed E-state index contributed by atoms with van der Waals surface area (Å²) in [6, 6.07) is 0. The maximum atomic E-state index is 12.9. The van der Waals surface area contributed by atoms with Gasteiger partial charge < -0.3 is 24.2 Å². The molecule has 0 radical (unpaired) electrons. The Morgan fingerprint density at radius 3 is 1.26 bits per heavy atom. The molecule has 0 saturated heterocycles. The van der Waals surface area contributed by atoms with Crippen LogP contribution in [-0.2, 0) is 42.2 Å². The monoisotopic (exact) mass is 997 g/mol.